The molecule has 6 rings (SSSR count). The minimum Gasteiger partial charge on any atom is -0.307 e. The number of benzene rings is 3. The first kappa shape index (κ1) is 23.1. The van der Waals surface area contributed by atoms with E-state index in [-0.39, 0.29) is 5.91 Å². The summed E-state index contributed by atoms with van der Waals surface area (Å²) in [5.74, 6) is 0.710. The van der Waals surface area contributed by atoms with E-state index in [0.29, 0.717) is 17.2 Å². The molecule has 1 amide bonds. The fourth-order valence-electron chi connectivity index (χ4n) is 4.51. The smallest absolute Gasteiger partial charge is 0.248 e. The fraction of sp³-hybridized carbons (Fsp3) is 0.0333. The second kappa shape index (κ2) is 9.94. The minimum atomic E-state index is -0.342. The summed E-state index contributed by atoms with van der Waals surface area (Å²) >= 11 is 0. The Balaban J connectivity index is 1.57. The number of aromatic amines is 1. The molecule has 3 heterocycles. The third kappa shape index (κ3) is 4.46. The highest BCUT2D eigenvalue weighted by Gasteiger charge is 2.21. The number of anilines is 4. The largest absolute Gasteiger partial charge is 0.307 e. The van der Waals surface area contributed by atoms with E-state index in [1.165, 1.54) is 18.0 Å². The van der Waals surface area contributed by atoms with Crippen molar-refractivity contribution in [3.8, 4) is 0 Å². The number of para-hydroxylation sites is 1. The first-order valence-corrected chi connectivity index (χ1v) is 12.1. The maximum atomic E-state index is 12.0. The number of rotatable bonds is 7. The summed E-state index contributed by atoms with van der Waals surface area (Å²) in [5.41, 5.74) is 5.82. The first-order chi connectivity index (χ1) is 18.7. The van der Waals surface area contributed by atoms with E-state index in [4.69, 9.17) is 4.98 Å². The van der Waals surface area contributed by atoms with Crippen LogP contribution >= 0.6 is 0 Å². The van der Waals surface area contributed by atoms with Crippen molar-refractivity contribution in [1.29, 1.82) is 0 Å². The first-order valence-electron chi connectivity index (χ1n) is 12.1. The van der Waals surface area contributed by atoms with Crippen LogP contribution in [0.25, 0.3) is 21.8 Å². The maximum absolute atomic E-state index is 12.0. The van der Waals surface area contributed by atoms with Crippen LogP contribution in [0.4, 0.5) is 23.0 Å². The number of carbonyl (C=O) groups excluding carboxylic acids is 1. The van der Waals surface area contributed by atoms with Gasteiger partial charge in [0, 0.05) is 16.5 Å². The van der Waals surface area contributed by atoms with Crippen LogP contribution in [0.1, 0.15) is 11.1 Å². The molecule has 0 aliphatic carbocycles. The molecule has 6 aromatic rings. The Kier molecular flexibility index (Phi) is 6.03. The maximum Gasteiger partial charge on any atom is 0.248 e. The molecule has 0 atom stereocenters. The molecule has 0 radical (unpaired) electrons. The Morgan fingerprint density at radius 1 is 0.947 bits per heavy atom. The molecule has 0 fully saturated rings. The van der Waals surface area contributed by atoms with Crippen LogP contribution in [-0.4, -0.2) is 31.1 Å². The van der Waals surface area contributed by atoms with Crippen LogP contribution in [0.5, 0.6) is 0 Å². The van der Waals surface area contributed by atoms with Gasteiger partial charge in [-0.25, -0.2) is 15.0 Å². The molecule has 8 nitrogen and oxygen atoms in total. The molecule has 0 saturated carbocycles. The Morgan fingerprint density at radius 3 is 2.66 bits per heavy atom. The van der Waals surface area contributed by atoms with Crippen molar-refractivity contribution in [2.24, 2.45) is 0 Å². The third-order valence-corrected chi connectivity index (χ3v) is 6.30. The second-order valence-corrected chi connectivity index (χ2v) is 8.75. The highest BCUT2D eigenvalue weighted by molar-refractivity contribution is 6.01. The minimum absolute atomic E-state index is 0.342. The Bertz CT molecular complexity index is 1780. The number of nitrogens with zero attached hydrogens (tertiary/aromatic N) is 5. The molecule has 0 aliphatic heterocycles. The average Bonchev–Trinajstić information content (AvgIpc) is 3.43. The zero-order valence-electron chi connectivity index (χ0n) is 20.4. The predicted molar refractivity (Wildman–Crippen MR) is 150 cm³/mol. The summed E-state index contributed by atoms with van der Waals surface area (Å²) in [5, 5.41) is 11.7. The van der Waals surface area contributed by atoms with E-state index in [1.807, 2.05) is 42.5 Å². The molecule has 0 spiro atoms. The zero-order valence-corrected chi connectivity index (χ0v) is 20.4. The van der Waals surface area contributed by atoms with E-state index < -0.39 is 0 Å². The number of H-pyrrole nitrogens is 1. The van der Waals surface area contributed by atoms with Crippen molar-refractivity contribution in [2.75, 3.05) is 10.2 Å². The van der Waals surface area contributed by atoms with Gasteiger partial charge in [-0.3, -0.25) is 14.8 Å². The van der Waals surface area contributed by atoms with Gasteiger partial charge in [-0.2, -0.15) is 5.10 Å². The monoisotopic (exact) mass is 497 g/mol. The summed E-state index contributed by atoms with van der Waals surface area (Å²) in [6, 6.07) is 26.6. The van der Waals surface area contributed by atoms with Crippen molar-refractivity contribution in [2.45, 2.75) is 6.42 Å². The third-order valence-electron chi connectivity index (χ3n) is 6.30. The van der Waals surface area contributed by atoms with Gasteiger partial charge in [0.15, 0.2) is 0 Å². The van der Waals surface area contributed by atoms with E-state index in [9.17, 15) is 4.79 Å². The second-order valence-electron chi connectivity index (χ2n) is 8.75. The molecule has 8 heteroatoms. The van der Waals surface area contributed by atoms with Gasteiger partial charge < -0.3 is 5.32 Å². The summed E-state index contributed by atoms with van der Waals surface area (Å²) in [6.45, 7) is 3.53. The summed E-state index contributed by atoms with van der Waals surface area (Å²) in [6.07, 6.45) is 6.92. The van der Waals surface area contributed by atoms with Gasteiger partial charge in [0.25, 0.3) is 0 Å². The Hall–Kier alpha value is -5.37. The van der Waals surface area contributed by atoms with Gasteiger partial charge >= 0.3 is 0 Å². The van der Waals surface area contributed by atoms with Crippen molar-refractivity contribution in [3.05, 3.63) is 121 Å². The van der Waals surface area contributed by atoms with Crippen LogP contribution in [0.15, 0.2) is 110 Å². The molecular weight excluding hydrogens is 474 g/mol. The van der Waals surface area contributed by atoms with E-state index in [1.54, 1.807) is 18.5 Å². The molecule has 0 saturated heterocycles. The standard InChI is InChI=1S/C30H23N7O/c1-2-29(38)35-28-16-24-26(18-31-28)32-19-33-30(24)37(23-12-13-25-22(15-23)17-34-36-25)27-11-7-6-10-21(27)14-20-8-4-3-5-9-20/h2-13,15-19H,1,14H2,(H,34,36)(H,31,35,38). The molecule has 3 aromatic heterocycles. The Morgan fingerprint density at radius 2 is 1.79 bits per heavy atom. The van der Waals surface area contributed by atoms with Crippen molar-refractivity contribution in [1.82, 2.24) is 25.1 Å². The molecular formula is C30H23N7O. The normalized spacial score (nSPS) is 10.9. The van der Waals surface area contributed by atoms with Crippen LogP contribution in [0, 0.1) is 0 Å². The van der Waals surface area contributed by atoms with Gasteiger partial charge in [0.05, 0.1) is 29.1 Å². The topological polar surface area (TPSA) is 99.7 Å². The number of pyridine rings is 1. The van der Waals surface area contributed by atoms with Gasteiger partial charge in [-0.15, -0.1) is 0 Å². The van der Waals surface area contributed by atoms with Crippen LogP contribution in [0.3, 0.4) is 0 Å². The van der Waals surface area contributed by atoms with Gasteiger partial charge in [-0.05, 0) is 54.0 Å². The van der Waals surface area contributed by atoms with Crippen LogP contribution in [0.2, 0.25) is 0 Å². The molecule has 38 heavy (non-hydrogen) atoms. The van der Waals surface area contributed by atoms with Crippen LogP contribution in [-0.2, 0) is 11.2 Å². The molecule has 0 aliphatic rings. The number of aromatic nitrogens is 5. The van der Waals surface area contributed by atoms with E-state index >= 15 is 0 Å². The number of hydrogen-bond donors (Lipinski definition) is 2. The summed E-state index contributed by atoms with van der Waals surface area (Å²) in [7, 11) is 0. The lowest BCUT2D eigenvalue weighted by atomic mass is 10.0. The Labute approximate surface area is 218 Å². The average molecular weight is 498 g/mol. The predicted octanol–water partition coefficient (Wildman–Crippen LogP) is 6.09. The van der Waals surface area contributed by atoms with Gasteiger partial charge in [0.1, 0.15) is 18.0 Å². The summed E-state index contributed by atoms with van der Waals surface area (Å²) < 4.78 is 0. The lowest BCUT2D eigenvalue weighted by molar-refractivity contribution is -0.111. The fourth-order valence-corrected chi connectivity index (χ4v) is 4.51. The molecule has 3 aromatic carbocycles. The molecule has 0 unspecified atom stereocenters. The quantitative estimate of drug-likeness (QED) is 0.259. The van der Waals surface area contributed by atoms with E-state index in [0.717, 1.165) is 39.6 Å². The van der Waals surface area contributed by atoms with Crippen molar-refractivity contribution < 1.29 is 4.79 Å². The number of fused-ring (bicyclic) bond motifs is 2. The number of nitrogens with one attached hydrogen (secondary N) is 2. The van der Waals surface area contributed by atoms with Gasteiger partial charge in [0.2, 0.25) is 5.91 Å². The number of amides is 1. The SMILES string of the molecule is C=CC(=O)Nc1cc2c(N(c3ccc4[nH]ncc4c3)c3ccccc3Cc3ccccc3)ncnc2cn1. The van der Waals surface area contributed by atoms with Crippen molar-refractivity contribution >= 4 is 50.7 Å². The lowest BCUT2D eigenvalue weighted by Crippen LogP contribution is -2.15. The van der Waals surface area contributed by atoms with E-state index in [2.05, 4.69) is 67.3 Å². The van der Waals surface area contributed by atoms with Crippen LogP contribution < -0.4 is 10.2 Å². The van der Waals surface area contributed by atoms with Gasteiger partial charge in [-0.1, -0.05) is 55.1 Å². The molecule has 2 N–H and O–H groups in total. The molecule has 184 valence electrons. The number of hydrogen-bond acceptors (Lipinski definition) is 6. The number of carbonyl (C=O) groups is 1. The molecule has 0 bridgehead atoms. The lowest BCUT2D eigenvalue weighted by Gasteiger charge is -2.27. The highest BCUT2D eigenvalue weighted by atomic mass is 16.1. The van der Waals surface area contributed by atoms with Crippen molar-refractivity contribution in [3.63, 3.8) is 0 Å². The summed E-state index contributed by atoms with van der Waals surface area (Å²) in [4.78, 5) is 27.6. The zero-order chi connectivity index (χ0) is 25.9. The highest BCUT2D eigenvalue weighted by Crippen LogP contribution is 2.40.